The Morgan fingerprint density at radius 1 is 1.10 bits per heavy atom. The van der Waals surface area contributed by atoms with Crippen molar-refractivity contribution in [2.45, 2.75) is 25.8 Å². The van der Waals surface area contributed by atoms with Gasteiger partial charge in [-0.05, 0) is 29.7 Å². The van der Waals surface area contributed by atoms with Gasteiger partial charge in [0.1, 0.15) is 11.6 Å². The summed E-state index contributed by atoms with van der Waals surface area (Å²) in [7, 11) is 0. The second kappa shape index (κ2) is 6.59. The molecular formula is C16H18F2N2. The SMILES string of the molecule is CCCc1cccc(C(NN)c2c(F)cccc2F)c1. The molecule has 2 nitrogen and oxygen atoms in total. The predicted octanol–water partition coefficient (Wildman–Crippen LogP) is 3.47. The molecule has 2 aromatic rings. The van der Waals surface area contributed by atoms with Crippen LogP contribution in [0.15, 0.2) is 42.5 Å². The van der Waals surface area contributed by atoms with Crippen molar-refractivity contribution >= 4 is 0 Å². The molecular weight excluding hydrogens is 258 g/mol. The molecule has 0 fully saturated rings. The van der Waals surface area contributed by atoms with E-state index in [0.717, 1.165) is 24.0 Å². The number of hydrogen-bond acceptors (Lipinski definition) is 2. The molecule has 0 radical (unpaired) electrons. The third-order valence-electron chi connectivity index (χ3n) is 3.28. The van der Waals surface area contributed by atoms with E-state index in [1.54, 1.807) is 0 Å². The molecule has 0 aliphatic carbocycles. The molecule has 1 unspecified atom stereocenters. The minimum absolute atomic E-state index is 0.0522. The first kappa shape index (κ1) is 14.6. The minimum atomic E-state index is -0.701. The summed E-state index contributed by atoms with van der Waals surface area (Å²) in [6.45, 7) is 2.09. The number of nitrogens with two attached hydrogens (primary N) is 1. The van der Waals surface area contributed by atoms with Crippen molar-refractivity contribution in [3.05, 3.63) is 70.8 Å². The summed E-state index contributed by atoms with van der Waals surface area (Å²) in [5.74, 6) is 4.31. The molecule has 0 aromatic heterocycles. The lowest BCUT2D eigenvalue weighted by molar-refractivity contribution is 0.510. The number of hydrogen-bond donors (Lipinski definition) is 2. The smallest absolute Gasteiger partial charge is 0.131 e. The Balaban J connectivity index is 2.44. The van der Waals surface area contributed by atoms with E-state index in [1.165, 1.54) is 18.2 Å². The highest BCUT2D eigenvalue weighted by molar-refractivity contribution is 5.35. The number of hydrazine groups is 1. The molecule has 0 aliphatic heterocycles. The largest absolute Gasteiger partial charge is 0.271 e. The van der Waals surface area contributed by atoms with Gasteiger partial charge in [0.15, 0.2) is 0 Å². The van der Waals surface area contributed by atoms with Gasteiger partial charge in [0.05, 0.1) is 6.04 Å². The van der Waals surface area contributed by atoms with Gasteiger partial charge in [-0.3, -0.25) is 5.84 Å². The van der Waals surface area contributed by atoms with Crippen molar-refractivity contribution in [3.8, 4) is 0 Å². The zero-order chi connectivity index (χ0) is 14.5. The van der Waals surface area contributed by atoms with Crippen molar-refractivity contribution < 1.29 is 8.78 Å². The van der Waals surface area contributed by atoms with Crippen LogP contribution in [0, 0.1) is 11.6 Å². The number of halogens is 2. The maximum absolute atomic E-state index is 13.9. The van der Waals surface area contributed by atoms with Crippen LogP contribution < -0.4 is 11.3 Å². The molecule has 0 saturated carbocycles. The zero-order valence-electron chi connectivity index (χ0n) is 11.4. The molecule has 2 rings (SSSR count). The molecule has 0 spiro atoms. The zero-order valence-corrected chi connectivity index (χ0v) is 11.4. The maximum Gasteiger partial charge on any atom is 0.131 e. The van der Waals surface area contributed by atoms with E-state index < -0.39 is 17.7 Å². The Bertz CT molecular complexity index is 564. The lowest BCUT2D eigenvalue weighted by atomic mass is 9.96. The Hall–Kier alpha value is -1.78. The van der Waals surface area contributed by atoms with E-state index in [-0.39, 0.29) is 5.56 Å². The van der Waals surface area contributed by atoms with Gasteiger partial charge in [-0.25, -0.2) is 14.2 Å². The summed E-state index contributed by atoms with van der Waals surface area (Å²) in [6.07, 6.45) is 1.93. The molecule has 0 heterocycles. The van der Waals surface area contributed by atoms with Gasteiger partial charge in [0.25, 0.3) is 0 Å². The summed E-state index contributed by atoms with van der Waals surface area (Å²) >= 11 is 0. The molecule has 2 aromatic carbocycles. The summed E-state index contributed by atoms with van der Waals surface area (Å²) in [5, 5.41) is 0. The summed E-state index contributed by atoms with van der Waals surface area (Å²) in [4.78, 5) is 0. The van der Waals surface area contributed by atoms with Gasteiger partial charge in [-0.1, -0.05) is 43.7 Å². The first-order valence-electron chi connectivity index (χ1n) is 6.66. The van der Waals surface area contributed by atoms with Crippen LogP contribution in [0.5, 0.6) is 0 Å². The Morgan fingerprint density at radius 3 is 2.35 bits per heavy atom. The van der Waals surface area contributed by atoms with E-state index in [9.17, 15) is 8.78 Å². The first-order chi connectivity index (χ1) is 9.67. The van der Waals surface area contributed by atoms with Crippen molar-refractivity contribution in [1.29, 1.82) is 0 Å². The van der Waals surface area contributed by atoms with Crippen LogP contribution in [0.1, 0.15) is 36.1 Å². The van der Waals surface area contributed by atoms with Crippen molar-refractivity contribution in [3.63, 3.8) is 0 Å². The van der Waals surface area contributed by atoms with Gasteiger partial charge < -0.3 is 0 Å². The van der Waals surface area contributed by atoms with E-state index >= 15 is 0 Å². The van der Waals surface area contributed by atoms with Crippen molar-refractivity contribution in [2.75, 3.05) is 0 Å². The fourth-order valence-electron chi connectivity index (χ4n) is 2.35. The number of aryl methyl sites for hydroxylation is 1. The van der Waals surface area contributed by atoms with E-state index in [2.05, 4.69) is 12.3 Å². The lowest BCUT2D eigenvalue weighted by Crippen LogP contribution is -2.30. The van der Waals surface area contributed by atoms with E-state index in [1.807, 2.05) is 24.3 Å². The van der Waals surface area contributed by atoms with Crippen LogP contribution in [-0.2, 0) is 6.42 Å². The summed E-state index contributed by atoms with van der Waals surface area (Å²) < 4.78 is 27.8. The molecule has 0 amide bonds. The maximum atomic E-state index is 13.9. The highest BCUT2D eigenvalue weighted by Gasteiger charge is 2.20. The van der Waals surface area contributed by atoms with E-state index in [0.29, 0.717) is 0 Å². The molecule has 0 bridgehead atoms. The molecule has 1 atom stereocenters. The van der Waals surface area contributed by atoms with Crippen LogP contribution in [0.4, 0.5) is 8.78 Å². The Kier molecular flexibility index (Phi) is 4.82. The number of nitrogens with one attached hydrogen (secondary N) is 1. The van der Waals surface area contributed by atoms with E-state index in [4.69, 9.17) is 5.84 Å². The van der Waals surface area contributed by atoms with Crippen molar-refractivity contribution in [2.24, 2.45) is 5.84 Å². The predicted molar refractivity (Wildman–Crippen MR) is 76.0 cm³/mol. The van der Waals surface area contributed by atoms with Gasteiger partial charge in [0.2, 0.25) is 0 Å². The molecule has 0 aliphatic rings. The Labute approximate surface area is 117 Å². The monoisotopic (exact) mass is 276 g/mol. The molecule has 4 heteroatoms. The van der Waals surface area contributed by atoms with Gasteiger partial charge in [-0.15, -0.1) is 0 Å². The second-order valence-corrected chi connectivity index (χ2v) is 4.73. The fraction of sp³-hybridized carbons (Fsp3) is 0.250. The highest BCUT2D eigenvalue weighted by Crippen LogP contribution is 2.27. The van der Waals surface area contributed by atoms with Gasteiger partial charge >= 0.3 is 0 Å². The summed E-state index contributed by atoms with van der Waals surface area (Å²) in [6, 6.07) is 10.7. The van der Waals surface area contributed by atoms with Gasteiger partial charge in [0, 0.05) is 5.56 Å². The minimum Gasteiger partial charge on any atom is -0.271 e. The molecule has 0 saturated heterocycles. The third kappa shape index (κ3) is 3.03. The lowest BCUT2D eigenvalue weighted by Gasteiger charge is -2.19. The van der Waals surface area contributed by atoms with Crippen LogP contribution in [0.2, 0.25) is 0 Å². The topological polar surface area (TPSA) is 38.0 Å². The standard InChI is InChI=1S/C16H18F2N2/c1-2-5-11-6-3-7-12(10-11)16(20-19)15-13(17)8-4-9-14(15)18/h3-4,6-10,16,20H,2,5,19H2,1H3. The van der Waals surface area contributed by atoms with Gasteiger partial charge in [-0.2, -0.15) is 0 Å². The Morgan fingerprint density at radius 2 is 1.75 bits per heavy atom. The van der Waals surface area contributed by atoms with Crippen LogP contribution in [0.25, 0.3) is 0 Å². The van der Waals surface area contributed by atoms with Crippen LogP contribution in [-0.4, -0.2) is 0 Å². The first-order valence-corrected chi connectivity index (χ1v) is 6.66. The summed E-state index contributed by atoms with van der Waals surface area (Å²) in [5.41, 5.74) is 4.33. The third-order valence-corrected chi connectivity index (χ3v) is 3.28. The fourth-order valence-corrected chi connectivity index (χ4v) is 2.35. The normalized spacial score (nSPS) is 12.4. The highest BCUT2D eigenvalue weighted by atomic mass is 19.1. The average Bonchev–Trinajstić information content (AvgIpc) is 2.44. The second-order valence-electron chi connectivity index (χ2n) is 4.73. The van der Waals surface area contributed by atoms with Crippen LogP contribution >= 0.6 is 0 Å². The number of rotatable bonds is 5. The average molecular weight is 276 g/mol. The van der Waals surface area contributed by atoms with Crippen LogP contribution in [0.3, 0.4) is 0 Å². The quantitative estimate of drug-likeness (QED) is 0.648. The molecule has 20 heavy (non-hydrogen) atoms. The molecule has 106 valence electrons. The van der Waals surface area contributed by atoms with Crippen molar-refractivity contribution in [1.82, 2.24) is 5.43 Å². The number of benzene rings is 2. The molecule has 3 N–H and O–H groups in total.